The van der Waals surface area contributed by atoms with E-state index < -0.39 is 65.7 Å². The van der Waals surface area contributed by atoms with Crippen molar-refractivity contribution in [2.75, 3.05) is 6.61 Å². The number of nitrogens with two attached hydrogens (primary N) is 1. The van der Waals surface area contributed by atoms with Gasteiger partial charge in [-0.15, -0.1) is 0 Å². The van der Waals surface area contributed by atoms with Crippen molar-refractivity contribution < 1.29 is 36.3 Å². The standard InChI is InChI=1S/C35H34ClF5N8O3/c1-32(2,3)18-34(22-7-4-20(5-8-22)24-16-43-12-13-44-24)30(51)48(31(42)47-34)26(17-52-27(50)15-33(10-11-33)35(39,40)41)21-6-9-23(36)25(14-21)49-29(28(37)38)45-19-46-49/h4-9,12-14,16,19,26,28H,10-11,15,17-18H2,1-3H3,(H2,42,47)/t26-,34-/m1/s1. The Morgan fingerprint density at radius 1 is 1.06 bits per heavy atom. The van der Waals surface area contributed by atoms with Crippen LogP contribution < -0.4 is 5.73 Å². The number of carbonyl (C=O) groups is 2. The average molecular weight is 745 g/mol. The fraction of sp³-hybridized carbons (Fsp3) is 0.400. The van der Waals surface area contributed by atoms with E-state index in [0.29, 0.717) is 11.3 Å². The van der Waals surface area contributed by atoms with Gasteiger partial charge in [0.2, 0.25) is 0 Å². The second-order valence-corrected chi connectivity index (χ2v) is 14.5. The lowest BCUT2D eigenvalue weighted by molar-refractivity contribution is -0.195. The summed E-state index contributed by atoms with van der Waals surface area (Å²) in [7, 11) is 0. The number of alkyl halides is 5. The van der Waals surface area contributed by atoms with Crippen molar-refractivity contribution in [2.45, 2.75) is 70.6 Å². The lowest BCUT2D eigenvalue weighted by atomic mass is 9.75. The van der Waals surface area contributed by atoms with Gasteiger partial charge in [0.15, 0.2) is 17.3 Å². The number of carbonyl (C=O) groups excluding carboxylic acids is 2. The molecule has 1 amide bonds. The zero-order chi connectivity index (χ0) is 37.6. The van der Waals surface area contributed by atoms with Gasteiger partial charge in [0, 0.05) is 18.0 Å². The molecular formula is C35H34ClF5N8O3. The lowest BCUT2D eigenvalue weighted by Gasteiger charge is -2.35. The van der Waals surface area contributed by atoms with Gasteiger partial charge in [0.05, 0.1) is 40.5 Å². The maximum Gasteiger partial charge on any atom is 0.395 e. The van der Waals surface area contributed by atoms with E-state index in [1.165, 1.54) is 18.2 Å². The summed E-state index contributed by atoms with van der Waals surface area (Å²) in [6.07, 6.45) is -3.19. The number of rotatable bonds is 11. The normalized spacial score (nSPS) is 19.2. The number of aromatic nitrogens is 5. The lowest BCUT2D eigenvalue weighted by Crippen LogP contribution is -2.47. The van der Waals surface area contributed by atoms with Gasteiger partial charge in [-0.3, -0.25) is 24.5 Å². The topological polar surface area (TPSA) is 141 Å². The van der Waals surface area contributed by atoms with Crippen molar-refractivity contribution in [2.24, 2.45) is 21.6 Å². The van der Waals surface area contributed by atoms with Gasteiger partial charge in [0.25, 0.3) is 12.3 Å². The van der Waals surface area contributed by atoms with Crippen LogP contribution >= 0.6 is 11.6 Å². The Balaban J connectivity index is 1.41. The van der Waals surface area contributed by atoms with Gasteiger partial charge in [-0.1, -0.05) is 62.7 Å². The predicted octanol–water partition coefficient (Wildman–Crippen LogP) is 7.12. The van der Waals surface area contributed by atoms with E-state index in [0.717, 1.165) is 21.5 Å². The second-order valence-electron chi connectivity index (χ2n) is 14.1. The average Bonchev–Trinajstić information content (AvgIpc) is 3.63. The zero-order valence-electron chi connectivity index (χ0n) is 28.2. The maximum absolute atomic E-state index is 14.9. The number of amides is 1. The first-order valence-corrected chi connectivity index (χ1v) is 16.6. The number of nitrogens with zero attached hydrogens (tertiary/aromatic N) is 7. The highest BCUT2D eigenvalue weighted by atomic mass is 35.5. The number of benzene rings is 2. The van der Waals surface area contributed by atoms with Crippen molar-refractivity contribution in [3.05, 3.63) is 89.4 Å². The van der Waals surface area contributed by atoms with Gasteiger partial charge in [0.1, 0.15) is 12.9 Å². The van der Waals surface area contributed by atoms with Crippen LogP contribution in [0.2, 0.25) is 5.02 Å². The molecule has 0 spiro atoms. The van der Waals surface area contributed by atoms with Gasteiger partial charge < -0.3 is 10.5 Å². The van der Waals surface area contributed by atoms with E-state index in [2.05, 4.69) is 20.1 Å². The summed E-state index contributed by atoms with van der Waals surface area (Å²) in [5.41, 5.74) is 4.27. The summed E-state index contributed by atoms with van der Waals surface area (Å²) < 4.78 is 75.0. The summed E-state index contributed by atoms with van der Waals surface area (Å²) in [4.78, 5) is 45.7. The molecule has 17 heteroatoms. The largest absolute Gasteiger partial charge is 0.463 e. The summed E-state index contributed by atoms with van der Waals surface area (Å²) >= 11 is 6.43. The van der Waals surface area contributed by atoms with Crippen LogP contribution in [0.15, 0.2) is 72.4 Å². The van der Waals surface area contributed by atoms with Crippen LogP contribution in [0.3, 0.4) is 0 Å². The Kier molecular flexibility index (Phi) is 9.57. The van der Waals surface area contributed by atoms with Crippen LogP contribution in [0, 0.1) is 10.8 Å². The minimum absolute atomic E-state index is 0.00703. The molecule has 1 aliphatic heterocycles. The number of hydrogen-bond donors (Lipinski definition) is 1. The molecule has 11 nitrogen and oxygen atoms in total. The Morgan fingerprint density at radius 3 is 2.37 bits per heavy atom. The predicted molar refractivity (Wildman–Crippen MR) is 179 cm³/mol. The van der Waals surface area contributed by atoms with Crippen LogP contribution in [0.5, 0.6) is 0 Å². The molecule has 2 atom stereocenters. The first-order chi connectivity index (χ1) is 24.4. The van der Waals surface area contributed by atoms with E-state index in [4.69, 9.17) is 27.1 Å². The Bertz CT molecular complexity index is 2000. The molecule has 1 fully saturated rings. The first-order valence-electron chi connectivity index (χ1n) is 16.2. The molecule has 1 aliphatic carbocycles. The molecule has 0 saturated heterocycles. The summed E-state index contributed by atoms with van der Waals surface area (Å²) in [5, 5.41) is 3.88. The quantitative estimate of drug-likeness (QED) is 0.126. The van der Waals surface area contributed by atoms with E-state index in [-0.39, 0.29) is 41.5 Å². The van der Waals surface area contributed by atoms with Crippen molar-refractivity contribution >= 4 is 29.4 Å². The van der Waals surface area contributed by atoms with Crippen LogP contribution in [-0.2, 0) is 19.9 Å². The highest BCUT2D eigenvalue weighted by Gasteiger charge is 2.64. The Labute approximate surface area is 300 Å². The molecule has 2 N–H and O–H groups in total. The van der Waals surface area contributed by atoms with Crippen LogP contribution in [-0.4, -0.2) is 60.3 Å². The molecule has 4 aromatic rings. The Morgan fingerprint density at radius 2 is 1.77 bits per heavy atom. The number of aliphatic imine (C=N–C) groups is 1. The van der Waals surface area contributed by atoms with E-state index >= 15 is 0 Å². The van der Waals surface area contributed by atoms with Gasteiger partial charge >= 0.3 is 12.1 Å². The molecule has 6 rings (SSSR count). The molecule has 0 radical (unpaired) electrons. The summed E-state index contributed by atoms with van der Waals surface area (Å²) in [5.74, 6) is -2.70. The van der Waals surface area contributed by atoms with Crippen LogP contribution in [0.1, 0.15) is 75.9 Å². The second kappa shape index (κ2) is 13.5. The monoisotopic (exact) mass is 744 g/mol. The highest BCUT2D eigenvalue weighted by Crippen LogP contribution is 2.60. The maximum atomic E-state index is 14.9. The van der Waals surface area contributed by atoms with Crippen molar-refractivity contribution in [3.8, 4) is 16.9 Å². The molecule has 0 unspecified atom stereocenters. The van der Waals surface area contributed by atoms with Crippen LogP contribution in [0.4, 0.5) is 22.0 Å². The third-order valence-corrected chi connectivity index (χ3v) is 9.46. The van der Waals surface area contributed by atoms with Crippen molar-refractivity contribution in [1.29, 1.82) is 0 Å². The fourth-order valence-electron chi connectivity index (χ4n) is 6.45. The summed E-state index contributed by atoms with van der Waals surface area (Å²) in [6.45, 7) is 5.11. The SMILES string of the molecule is CC(C)(C)C[C@]1(c2ccc(-c3cnccn3)cc2)N=C(N)N([C@H](COC(=O)CC2(C(F)(F)F)CC2)c2ccc(Cl)c(-n3ncnc3C(F)F)c2)C1=O. The molecule has 2 aromatic carbocycles. The number of guanidine groups is 1. The molecule has 3 heterocycles. The van der Waals surface area contributed by atoms with E-state index in [1.807, 2.05) is 20.8 Å². The number of ether oxygens (including phenoxy) is 1. The molecule has 2 aromatic heterocycles. The number of hydrogen-bond acceptors (Lipinski definition) is 9. The third kappa shape index (κ3) is 7.07. The molecule has 0 bridgehead atoms. The third-order valence-electron chi connectivity index (χ3n) is 9.14. The molecule has 2 aliphatic rings. The molecule has 274 valence electrons. The van der Waals surface area contributed by atoms with Crippen molar-refractivity contribution in [3.63, 3.8) is 0 Å². The molecular weight excluding hydrogens is 711 g/mol. The van der Waals surface area contributed by atoms with Crippen molar-refractivity contribution in [1.82, 2.24) is 29.6 Å². The minimum Gasteiger partial charge on any atom is -0.463 e. The molecule has 1 saturated carbocycles. The van der Waals surface area contributed by atoms with Gasteiger partial charge in [-0.2, -0.15) is 18.3 Å². The van der Waals surface area contributed by atoms with Gasteiger partial charge in [-0.25, -0.2) is 23.4 Å². The van der Waals surface area contributed by atoms with E-state index in [1.54, 1.807) is 42.9 Å². The minimum atomic E-state index is -4.60. The molecule has 52 heavy (non-hydrogen) atoms. The number of esters is 1. The smallest absolute Gasteiger partial charge is 0.395 e. The van der Waals surface area contributed by atoms with E-state index in [9.17, 15) is 31.5 Å². The zero-order valence-corrected chi connectivity index (χ0v) is 29.0. The van der Waals surface area contributed by atoms with Crippen LogP contribution in [0.25, 0.3) is 16.9 Å². The Hall–Kier alpha value is -4.99. The fourth-order valence-corrected chi connectivity index (χ4v) is 6.65. The first kappa shape index (κ1) is 36.8. The number of halogens is 6. The summed E-state index contributed by atoms with van der Waals surface area (Å²) in [6, 6.07) is 9.88. The van der Waals surface area contributed by atoms with Gasteiger partial charge in [-0.05, 0) is 47.9 Å². The highest BCUT2D eigenvalue weighted by molar-refractivity contribution is 6.32.